The highest BCUT2D eigenvalue weighted by molar-refractivity contribution is 5.95. The van der Waals surface area contributed by atoms with E-state index in [1.165, 1.54) is 7.11 Å². The van der Waals surface area contributed by atoms with E-state index in [9.17, 15) is 4.79 Å². The number of esters is 1. The van der Waals surface area contributed by atoms with Crippen molar-refractivity contribution < 1.29 is 14.3 Å². The average molecular weight is 295 g/mol. The zero-order chi connectivity index (χ0) is 15.5. The molecule has 0 bridgehead atoms. The number of rotatable bonds is 4. The van der Waals surface area contributed by atoms with Gasteiger partial charge in [-0.3, -0.25) is 0 Å². The van der Waals surface area contributed by atoms with Crippen LogP contribution in [0.4, 0.5) is 0 Å². The largest absolute Gasteiger partial charge is 0.489 e. The third kappa shape index (κ3) is 2.68. The van der Waals surface area contributed by atoms with Crippen LogP contribution < -0.4 is 4.74 Å². The first-order chi connectivity index (χ1) is 10.7. The lowest BCUT2D eigenvalue weighted by Crippen LogP contribution is -2.06. The van der Waals surface area contributed by atoms with Gasteiger partial charge in [0, 0.05) is 18.5 Å². The second-order valence-corrected chi connectivity index (χ2v) is 5.08. The molecule has 0 atom stereocenters. The van der Waals surface area contributed by atoms with Gasteiger partial charge >= 0.3 is 5.97 Å². The highest BCUT2D eigenvalue weighted by Gasteiger charge is 2.13. The summed E-state index contributed by atoms with van der Waals surface area (Å²) in [4.78, 5) is 11.7. The number of hydrogen-bond donors (Lipinski definition) is 0. The van der Waals surface area contributed by atoms with Crippen molar-refractivity contribution in [2.75, 3.05) is 7.11 Å². The summed E-state index contributed by atoms with van der Waals surface area (Å²) < 4.78 is 12.4. The van der Waals surface area contributed by atoms with Crippen LogP contribution in [0.5, 0.6) is 5.75 Å². The number of methoxy groups -OCH3 is 1. The molecule has 4 nitrogen and oxygen atoms in total. The highest BCUT2D eigenvalue weighted by Crippen LogP contribution is 2.24. The average Bonchev–Trinajstić information content (AvgIpc) is 2.90. The minimum Gasteiger partial charge on any atom is -0.489 e. The second-order valence-electron chi connectivity index (χ2n) is 5.08. The monoisotopic (exact) mass is 295 g/mol. The summed E-state index contributed by atoms with van der Waals surface area (Å²) in [5.41, 5.74) is 2.58. The Bertz CT molecular complexity index is 806. The Kier molecular flexibility index (Phi) is 3.83. The number of carbonyl (C=O) groups is 1. The van der Waals surface area contributed by atoms with Gasteiger partial charge in [-0.15, -0.1) is 0 Å². The first-order valence-corrected chi connectivity index (χ1v) is 7.03. The quantitative estimate of drug-likeness (QED) is 0.691. The predicted molar refractivity (Wildman–Crippen MR) is 85.0 cm³/mol. The predicted octanol–water partition coefficient (Wildman–Crippen LogP) is 3.54. The maximum Gasteiger partial charge on any atom is 0.354 e. The van der Waals surface area contributed by atoms with Crippen molar-refractivity contribution in [3.05, 3.63) is 65.9 Å². The molecule has 1 heterocycles. The lowest BCUT2D eigenvalue weighted by atomic mass is 10.2. The number of ether oxygens (including phenoxy) is 2. The number of nitrogens with zero attached hydrogens (tertiary/aromatic N) is 1. The molecule has 0 spiro atoms. The standard InChI is InChI=1S/C18H17NO3/c1-19-16-11-15(22-12-13-6-4-3-5-7-13)9-8-14(16)10-17(19)18(20)21-2/h3-11H,12H2,1-2H3. The molecule has 0 aliphatic carbocycles. The van der Waals surface area contributed by atoms with Gasteiger partial charge in [-0.25, -0.2) is 4.79 Å². The molecule has 3 rings (SSSR count). The minimum atomic E-state index is -0.342. The fourth-order valence-electron chi connectivity index (χ4n) is 2.44. The summed E-state index contributed by atoms with van der Waals surface area (Å²) in [6, 6.07) is 17.6. The van der Waals surface area contributed by atoms with Gasteiger partial charge in [0.05, 0.1) is 12.6 Å². The van der Waals surface area contributed by atoms with Gasteiger partial charge in [0.25, 0.3) is 0 Å². The van der Waals surface area contributed by atoms with Gasteiger partial charge in [-0.1, -0.05) is 30.3 Å². The Morgan fingerprint density at radius 2 is 1.86 bits per heavy atom. The normalized spacial score (nSPS) is 10.6. The van der Waals surface area contributed by atoms with Gasteiger partial charge in [0.15, 0.2) is 0 Å². The van der Waals surface area contributed by atoms with Gasteiger partial charge < -0.3 is 14.0 Å². The maximum atomic E-state index is 11.7. The number of carbonyl (C=O) groups excluding carboxylic acids is 1. The summed E-state index contributed by atoms with van der Waals surface area (Å²) in [6.45, 7) is 0.515. The van der Waals surface area contributed by atoms with Crippen LogP contribution >= 0.6 is 0 Å². The van der Waals surface area contributed by atoms with Crippen molar-refractivity contribution in [3.63, 3.8) is 0 Å². The van der Waals surface area contributed by atoms with Crippen LogP contribution in [0.15, 0.2) is 54.6 Å². The van der Waals surface area contributed by atoms with E-state index in [4.69, 9.17) is 9.47 Å². The molecule has 0 unspecified atom stereocenters. The fraction of sp³-hybridized carbons (Fsp3) is 0.167. The van der Waals surface area contributed by atoms with Crippen molar-refractivity contribution in [3.8, 4) is 5.75 Å². The van der Waals surface area contributed by atoms with E-state index in [0.717, 1.165) is 22.2 Å². The summed E-state index contributed by atoms with van der Waals surface area (Å²) in [5, 5.41) is 0.981. The molecule has 0 fully saturated rings. The number of benzene rings is 2. The van der Waals surface area contributed by atoms with Crippen LogP contribution in [0.2, 0.25) is 0 Å². The molecule has 0 aliphatic rings. The summed E-state index contributed by atoms with van der Waals surface area (Å²) in [6.07, 6.45) is 0. The van der Waals surface area contributed by atoms with E-state index in [1.54, 1.807) is 0 Å². The number of aryl methyl sites for hydroxylation is 1. The lowest BCUT2D eigenvalue weighted by Gasteiger charge is -2.07. The zero-order valence-electron chi connectivity index (χ0n) is 12.6. The molecule has 0 radical (unpaired) electrons. The number of aromatic nitrogens is 1. The molecule has 0 amide bonds. The molecule has 1 aromatic heterocycles. The molecule has 3 aromatic rings. The molecule has 0 saturated heterocycles. The third-order valence-corrected chi connectivity index (χ3v) is 3.66. The number of fused-ring (bicyclic) bond motifs is 1. The van der Waals surface area contributed by atoms with Crippen molar-refractivity contribution in [1.82, 2.24) is 4.57 Å². The van der Waals surface area contributed by atoms with Crippen molar-refractivity contribution in [2.45, 2.75) is 6.61 Å². The minimum absolute atomic E-state index is 0.342. The van der Waals surface area contributed by atoms with Crippen LogP contribution in [0, 0.1) is 0 Å². The molecular weight excluding hydrogens is 278 g/mol. The SMILES string of the molecule is COC(=O)c1cc2ccc(OCc3ccccc3)cc2n1C. The first-order valence-electron chi connectivity index (χ1n) is 7.03. The van der Waals surface area contributed by atoms with E-state index in [0.29, 0.717) is 12.3 Å². The Labute approximate surface area is 128 Å². The van der Waals surface area contributed by atoms with E-state index in [2.05, 4.69) is 0 Å². The van der Waals surface area contributed by atoms with Crippen molar-refractivity contribution >= 4 is 16.9 Å². The molecule has 0 saturated carbocycles. The highest BCUT2D eigenvalue weighted by atomic mass is 16.5. The van der Waals surface area contributed by atoms with E-state index < -0.39 is 0 Å². The van der Waals surface area contributed by atoms with Gasteiger partial charge in [-0.2, -0.15) is 0 Å². The van der Waals surface area contributed by atoms with Crippen LogP contribution in [0.3, 0.4) is 0 Å². The summed E-state index contributed by atoms with van der Waals surface area (Å²) in [5.74, 6) is 0.430. The Morgan fingerprint density at radius 1 is 1.09 bits per heavy atom. The molecular formula is C18H17NO3. The zero-order valence-corrected chi connectivity index (χ0v) is 12.6. The first kappa shape index (κ1) is 14.2. The maximum absolute atomic E-state index is 11.7. The molecule has 0 N–H and O–H groups in total. The van der Waals surface area contributed by atoms with Crippen LogP contribution in [0.25, 0.3) is 10.9 Å². The van der Waals surface area contributed by atoms with Gasteiger partial charge in [-0.05, 0) is 23.8 Å². The topological polar surface area (TPSA) is 40.5 Å². The van der Waals surface area contributed by atoms with Crippen molar-refractivity contribution in [1.29, 1.82) is 0 Å². The van der Waals surface area contributed by atoms with Crippen LogP contribution in [0.1, 0.15) is 16.1 Å². The molecule has 0 aliphatic heterocycles. The Morgan fingerprint density at radius 3 is 2.59 bits per heavy atom. The summed E-state index contributed by atoms with van der Waals surface area (Å²) >= 11 is 0. The van der Waals surface area contributed by atoms with E-state index >= 15 is 0 Å². The second kappa shape index (κ2) is 5.93. The lowest BCUT2D eigenvalue weighted by molar-refractivity contribution is 0.0590. The summed E-state index contributed by atoms with van der Waals surface area (Å²) in [7, 11) is 3.23. The fourth-order valence-corrected chi connectivity index (χ4v) is 2.44. The van der Waals surface area contributed by atoms with Crippen molar-refractivity contribution in [2.24, 2.45) is 7.05 Å². The van der Waals surface area contributed by atoms with Crippen LogP contribution in [-0.4, -0.2) is 17.6 Å². The molecule has 4 heteroatoms. The number of hydrogen-bond acceptors (Lipinski definition) is 3. The van der Waals surface area contributed by atoms with Crippen LogP contribution in [-0.2, 0) is 18.4 Å². The van der Waals surface area contributed by atoms with Gasteiger partial charge in [0.1, 0.15) is 18.1 Å². The van der Waals surface area contributed by atoms with Gasteiger partial charge in [0.2, 0.25) is 0 Å². The molecule has 22 heavy (non-hydrogen) atoms. The molecule has 2 aromatic carbocycles. The smallest absolute Gasteiger partial charge is 0.354 e. The van der Waals surface area contributed by atoms with E-state index in [1.807, 2.05) is 66.2 Å². The Balaban J connectivity index is 1.86. The third-order valence-electron chi connectivity index (χ3n) is 3.66. The molecule has 112 valence electrons. The van der Waals surface area contributed by atoms with E-state index in [-0.39, 0.29) is 5.97 Å². The Hall–Kier alpha value is -2.75.